The van der Waals surface area contributed by atoms with Gasteiger partial charge in [0.15, 0.2) is 10.6 Å². The summed E-state index contributed by atoms with van der Waals surface area (Å²) in [5.74, 6) is 0. The molecule has 8 aliphatic heterocycles. The van der Waals surface area contributed by atoms with Gasteiger partial charge >= 0.3 is 83.1 Å². The second kappa shape index (κ2) is 38.2. The molecule has 1 atom stereocenters. The average molecular weight is 1300 g/mol. The SMILES string of the molecule is C1CC[OH+]C1.C1CC[OH+]C1.C1CC[OH+]C1.C1CC[OH+]C1.CC1(C)COP(c2ccccc2P2COC(C)(C)CO2)OC1.CC1(C)CO[PH+](c2ccccc2[PH+]2OCC(C)(C)CO2)OC1.[Cl][Cr]([Cl])[Cl].[Cl][Cr]([Cl])[Cl]. The van der Waals surface area contributed by atoms with E-state index in [0.717, 1.165) is 108 Å². The predicted octanol–water partition coefficient (Wildman–Crippen LogP) is 12.0. The molecule has 24 heteroatoms. The number of benzene rings is 2. The van der Waals surface area contributed by atoms with Crippen molar-refractivity contribution in [2.24, 2.45) is 16.2 Å². The van der Waals surface area contributed by atoms with Crippen molar-refractivity contribution in [3.05, 3.63) is 48.5 Å². The Kier molecular flexibility index (Phi) is 36.5. The van der Waals surface area contributed by atoms with Crippen molar-refractivity contribution in [1.82, 2.24) is 0 Å². The predicted molar refractivity (Wildman–Crippen MR) is 305 cm³/mol. The number of ether oxygens (including phenoxy) is 5. The first kappa shape index (κ1) is 68.8. The summed E-state index contributed by atoms with van der Waals surface area (Å²) >= 11 is -3.25. The molecule has 12 nitrogen and oxygen atoms in total. The van der Waals surface area contributed by atoms with Crippen molar-refractivity contribution in [1.29, 1.82) is 0 Å². The zero-order valence-corrected chi connectivity index (χ0v) is 54.5. The van der Waals surface area contributed by atoms with Crippen LogP contribution in [-0.4, -0.2) is 130 Å². The van der Waals surface area contributed by atoms with E-state index in [1.807, 2.05) is 24.3 Å². The zero-order valence-electron chi connectivity index (χ0n) is 43.6. The van der Waals surface area contributed by atoms with E-state index in [1.165, 1.54) is 56.7 Å². The first-order valence-electron chi connectivity index (χ1n) is 24.7. The Bertz CT molecular complexity index is 1410. The van der Waals surface area contributed by atoms with Crippen LogP contribution in [0.5, 0.6) is 0 Å². The van der Waals surface area contributed by atoms with Gasteiger partial charge in [0, 0.05) is 78.2 Å². The third kappa shape index (κ3) is 31.5. The fraction of sp³-hybridized carbons (Fsp3) is 0.750. The van der Waals surface area contributed by atoms with Crippen LogP contribution in [0.2, 0.25) is 0 Å². The van der Waals surface area contributed by atoms with Gasteiger partial charge in [-0.15, -0.1) is 0 Å². The van der Waals surface area contributed by atoms with Crippen molar-refractivity contribution >= 4 is 115 Å². The number of hydrogen-bond acceptors (Lipinski definition) is 8. The molecule has 4 N–H and O–H groups in total. The first-order chi connectivity index (χ1) is 34.2. The molecule has 1 unspecified atom stereocenters. The van der Waals surface area contributed by atoms with Crippen LogP contribution >= 0.6 is 93.6 Å². The van der Waals surface area contributed by atoms with Gasteiger partial charge in [-0.3, -0.25) is 0 Å². The summed E-state index contributed by atoms with van der Waals surface area (Å²) in [6.07, 6.45) is 11.3. The van der Waals surface area contributed by atoms with E-state index in [-0.39, 0.29) is 21.8 Å². The van der Waals surface area contributed by atoms with Gasteiger partial charge in [-0.1, -0.05) is 71.9 Å². The van der Waals surface area contributed by atoms with Crippen LogP contribution in [0.25, 0.3) is 0 Å². The maximum atomic E-state index is 6.09. The third-order valence-corrected chi connectivity index (χ3v) is 18.0. The minimum absolute atomic E-state index is 0.0909. The molecule has 10 rings (SSSR count). The van der Waals surface area contributed by atoms with Crippen LogP contribution in [0, 0.1) is 16.2 Å². The first-order valence-corrected chi connectivity index (χ1v) is 40.5. The monoisotopic (exact) mass is 1290 g/mol. The molecule has 0 saturated carbocycles. The van der Waals surface area contributed by atoms with Gasteiger partial charge in [-0.25, -0.2) is 18.1 Å². The Hall–Kier alpha value is 2.48. The summed E-state index contributed by atoms with van der Waals surface area (Å²) in [5.41, 5.74) is 0.0905. The summed E-state index contributed by atoms with van der Waals surface area (Å²) in [4.78, 5) is 0. The van der Waals surface area contributed by atoms with Crippen LogP contribution in [-0.2, 0) is 59.2 Å². The van der Waals surface area contributed by atoms with Gasteiger partial charge in [-0.05, 0) is 32.0 Å². The zero-order chi connectivity index (χ0) is 52.9. The van der Waals surface area contributed by atoms with Gasteiger partial charge in [-0.2, -0.15) is 0 Å². The van der Waals surface area contributed by atoms with Gasteiger partial charge in [0.05, 0.1) is 39.9 Å². The molecule has 0 spiro atoms. The molecule has 0 aromatic heterocycles. The second-order valence-corrected chi connectivity index (χ2v) is 39.9. The molecule has 0 bridgehead atoms. The van der Waals surface area contributed by atoms with Crippen LogP contribution < -0.4 is 21.2 Å². The van der Waals surface area contributed by atoms with Crippen molar-refractivity contribution < 1.29 is 78.1 Å². The average Bonchev–Trinajstić information content (AvgIpc) is 4.21. The molecule has 0 radical (unpaired) electrons. The van der Waals surface area contributed by atoms with E-state index in [0.29, 0.717) is 13.0 Å². The third-order valence-electron chi connectivity index (χ3n) is 10.9. The van der Waals surface area contributed by atoms with Crippen LogP contribution in [0.4, 0.5) is 0 Å². The second-order valence-electron chi connectivity index (χ2n) is 20.6. The van der Waals surface area contributed by atoms with Crippen LogP contribution in [0.15, 0.2) is 48.5 Å². The Balaban J connectivity index is 0.000000249. The van der Waals surface area contributed by atoms with E-state index in [2.05, 4.69) is 98.6 Å². The summed E-state index contributed by atoms with van der Waals surface area (Å²) in [5, 5.41) is 4.63. The Morgan fingerprint density at radius 1 is 0.431 bits per heavy atom. The molecule has 2 aromatic rings. The normalized spacial score (nSPS) is 24.3. The summed E-state index contributed by atoms with van der Waals surface area (Å²) < 4.78 is 64.5. The standard InChI is InChI=1S/2C16H24O4P2.4C4H8O.6ClH.2Cr/c1-15(2)9-19-22(20-10-15)14-8-6-5-7-13(14)21-12-17-16(3,4)11-18-21;1-15(2)9-17-21(18-10-15)13-7-5-6-8-14(13)22-19-11-16(3,4)12-20-22;4*1-2-4-5-3-1;;;;;;;;/h2*5-8H,9-12H2,1-4H3;4*1-4H2;6*1H;;/q;;;;;;;;;;;;2*+3. The number of hydrogen-bond donors (Lipinski definition) is 0. The van der Waals surface area contributed by atoms with Gasteiger partial charge < -0.3 is 37.3 Å². The van der Waals surface area contributed by atoms with Gasteiger partial charge in [0.25, 0.3) is 16.8 Å². The molecule has 8 heterocycles. The number of aliphatic hydroxyl groups is 8. The minimum atomic E-state index is -1.62. The summed E-state index contributed by atoms with van der Waals surface area (Å²) in [6, 6.07) is 16.6. The van der Waals surface area contributed by atoms with E-state index in [4.69, 9.17) is 96.7 Å². The van der Waals surface area contributed by atoms with Crippen molar-refractivity contribution in [2.45, 2.75) is 112 Å². The number of halogens is 6. The Labute approximate surface area is 471 Å². The molecule has 8 aliphatic rings. The molecule has 8 fully saturated rings. The molecular formula is C48H86Cl6Cr2O12P4+6. The Morgan fingerprint density at radius 3 is 1.03 bits per heavy atom. The topological polar surface area (TPSA) is 125 Å². The number of rotatable bonds is 4. The van der Waals surface area contributed by atoms with Gasteiger partial charge in [0.1, 0.15) is 79.3 Å². The van der Waals surface area contributed by atoms with Gasteiger partial charge in [0.2, 0.25) is 8.38 Å². The Morgan fingerprint density at radius 2 is 0.736 bits per heavy atom. The van der Waals surface area contributed by atoms with E-state index < -0.39 is 56.0 Å². The summed E-state index contributed by atoms with van der Waals surface area (Å²) in [6.45, 7) is 31.2. The van der Waals surface area contributed by atoms with E-state index >= 15 is 0 Å². The molecule has 0 aliphatic carbocycles. The molecule has 0 amide bonds. The molecule has 418 valence electrons. The molecule has 72 heavy (non-hydrogen) atoms. The fourth-order valence-electron chi connectivity index (χ4n) is 6.80. The van der Waals surface area contributed by atoms with Crippen LogP contribution in [0.3, 0.4) is 0 Å². The van der Waals surface area contributed by atoms with E-state index in [9.17, 15) is 0 Å². The van der Waals surface area contributed by atoms with Crippen LogP contribution in [0.1, 0.15) is 107 Å². The van der Waals surface area contributed by atoms with Crippen molar-refractivity contribution in [3.63, 3.8) is 0 Å². The fourth-order valence-corrected chi connectivity index (χ4v) is 15.6. The van der Waals surface area contributed by atoms with Crippen molar-refractivity contribution in [3.8, 4) is 0 Å². The van der Waals surface area contributed by atoms with Crippen molar-refractivity contribution in [2.75, 3.05) is 105 Å². The quantitative estimate of drug-likeness (QED) is 0.219. The molecule has 2 aromatic carbocycles. The maximum absolute atomic E-state index is 6.09. The molecular weight excluding hydrogens is 1210 g/mol. The molecule has 8 saturated heterocycles. The van der Waals surface area contributed by atoms with E-state index in [1.54, 1.807) is 0 Å². The summed E-state index contributed by atoms with van der Waals surface area (Å²) in [7, 11) is 24.9.